The van der Waals surface area contributed by atoms with Crippen LogP contribution in [0.2, 0.25) is 5.02 Å². The Labute approximate surface area is 122 Å². The Morgan fingerprint density at radius 3 is 2.52 bits per heavy atom. The first-order valence-corrected chi connectivity index (χ1v) is 5.86. The SMILES string of the molecule is NC(=O)CC(NC(=O)c1cccc([N+](=O)[O-])c1Cl)C(=O)O. The maximum Gasteiger partial charge on any atom is 0.326 e. The van der Waals surface area contributed by atoms with E-state index in [4.69, 9.17) is 22.4 Å². The molecule has 1 aromatic carbocycles. The predicted octanol–water partition coefficient (Wildman–Crippen LogP) is 0.307. The van der Waals surface area contributed by atoms with E-state index in [-0.39, 0.29) is 5.56 Å². The number of carboxylic acid groups (broad SMARTS) is 1. The lowest BCUT2D eigenvalue weighted by atomic mass is 10.1. The average molecular weight is 316 g/mol. The van der Waals surface area contributed by atoms with E-state index < -0.39 is 45.9 Å². The smallest absolute Gasteiger partial charge is 0.326 e. The molecular weight excluding hydrogens is 306 g/mol. The summed E-state index contributed by atoms with van der Waals surface area (Å²) in [5.74, 6) is -3.35. The number of hydrogen-bond acceptors (Lipinski definition) is 5. The number of benzene rings is 1. The van der Waals surface area contributed by atoms with Crippen molar-refractivity contribution >= 4 is 35.1 Å². The van der Waals surface area contributed by atoms with Crippen LogP contribution in [0.1, 0.15) is 16.8 Å². The van der Waals surface area contributed by atoms with Gasteiger partial charge in [-0.1, -0.05) is 17.7 Å². The summed E-state index contributed by atoms with van der Waals surface area (Å²) in [4.78, 5) is 43.5. The van der Waals surface area contributed by atoms with Crippen molar-refractivity contribution in [2.75, 3.05) is 0 Å². The van der Waals surface area contributed by atoms with Crippen LogP contribution in [-0.4, -0.2) is 33.9 Å². The number of carbonyl (C=O) groups excluding carboxylic acids is 2. The molecule has 21 heavy (non-hydrogen) atoms. The first-order valence-electron chi connectivity index (χ1n) is 5.49. The van der Waals surface area contributed by atoms with Gasteiger partial charge in [-0.15, -0.1) is 0 Å². The number of nitrogens with zero attached hydrogens (tertiary/aromatic N) is 1. The number of rotatable bonds is 6. The second-order valence-corrected chi connectivity index (χ2v) is 4.31. The van der Waals surface area contributed by atoms with Gasteiger partial charge in [0, 0.05) is 6.07 Å². The molecule has 1 unspecified atom stereocenters. The fourth-order valence-electron chi connectivity index (χ4n) is 1.47. The zero-order valence-electron chi connectivity index (χ0n) is 10.4. The molecule has 0 aromatic heterocycles. The molecule has 1 aromatic rings. The van der Waals surface area contributed by atoms with Gasteiger partial charge in [0.15, 0.2) is 0 Å². The number of carbonyl (C=O) groups is 3. The Balaban J connectivity index is 3.03. The zero-order chi connectivity index (χ0) is 16.2. The number of hydrogen-bond donors (Lipinski definition) is 3. The lowest BCUT2D eigenvalue weighted by Gasteiger charge is -2.13. The molecule has 0 bridgehead atoms. The molecule has 0 radical (unpaired) electrons. The van der Waals surface area contributed by atoms with E-state index in [2.05, 4.69) is 0 Å². The van der Waals surface area contributed by atoms with Crippen LogP contribution in [0.15, 0.2) is 18.2 Å². The van der Waals surface area contributed by atoms with E-state index in [0.29, 0.717) is 0 Å². The third kappa shape index (κ3) is 4.14. The Hall–Kier alpha value is -2.68. The monoisotopic (exact) mass is 315 g/mol. The summed E-state index contributed by atoms with van der Waals surface area (Å²) in [6.07, 6.45) is -0.617. The van der Waals surface area contributed by atoms with Gasteiger partial charge >= 0.3 is 5.97 Å². The molecule has 0 saturated heterocycles. The van der Waals surface area contributed by atoms with Gasteiger partial charge < -0.3 is 16.2 Å². The number of nitro groups is 1. The molecule has 1 rings (SSSR count). The van der Waals surface area contributed by atoms with Gasteiger partial charge in [-0.05, 0) is 6.07 Å². The van der Waals surface area contributed by atoms with Crippen LogP contribution >= 0.6 is 11.6 Å². The van der Waals surface area contributed by atoms with Crippen LogP contribution in [-0.2, 0) is 9.59 Å². The summed E-state index contributed by atoms with van der Waals surface area (Å²) >= 11 is 5.73. The van der Waals surface area contributed by atoms with Gasteiger partial charge in [0.25, 0.3) is 11.6 Å². The first kappa shape index (κ1) is 16.4. The van der Waals surface area contributed by atoms with E-state index in [1.54, 1.807) is 0 Å². The number of primary amides is 1. The molecule has 1 atom stereocenters. The summed E-state index contributed by atoms with van der Waals surface area (Å²) in [5.41, 5.74) is 4.10. The number of amides is 2. The Bertz CT molecular complexity index is 618. The van der Waals surface area contributed by atoms with E-state index in [0.717, 1.165) is 6.07 Å². The van der Waals surface area contributed by atoms with Crippen molar-refractivity contribution in [1.82, 2.24) is 5.32 Å². The molecule has 0 aliphatic rings. The molecule has 0 saturated carbocycles. The van der Waals surface area contributed by atoms with E-state index >= 15 is 0 Å². The highest BCUT2D eigenvalue weighted by Crippen LogP contribution is 2.27. The number of halogens is 1. The van der Waals surface area contributed by atoms with Crippen LogP contribution in [0.4, 0.5) is 5.69 Å². The number of nitrogens with one attached hydrogen (secondary N) is 1. The molecule has 0 aliphatic heterocycles. The number of nitro benzene ring substituents is 1. The van der Waals surface area contributed by atoms with Crippen molar-refractivity contribution in [2.24, 2.45) is 5.73 Å². The highest BCUT2D eigenvalue weighted by atomic mass is 35.5. The molecule has 4 N–H and O–H groups in total. The fraction of sp³-hybridized carbons (Fsp3) is 0.182. The molecule has 0 heterocycles. The van der Waals surface area contributed by atoms with E-state index in [1.165, 1.54) is 12.1 Å². The molecule has 0 fully saturated rings. The predicted molar refractivity (Wildman–Crippen MR) is 70.8 cm³/mol. The number of nitrogens with two attached hydrogens (primary N) is 1. The highest BCUT2D eigenvalue weighted by molar-refractivity contribution is 6.35. The molecule has 10 heteroatoms. The maximum atomic E-state index is 11.9. The molecular formula is C11H10ClN3O6. The molecule has 9 nitrogen and oxygen atoms in total. The Morgan fingerprint density at radius 1 is 1.43 bits per heavy atom. The van der Waals surface area contributed by atoms with Gasteiger partial charge in [-0.2, -0.15) is 0 Å². The van der Waals surface area contributed by atoms with E-state index in [1.807, 2.05) is 5.32 Å². The quantitative estimate of drug-likeness (QED) is 0.507. The molecule has 0 aliphatic carbocycles. The number of aliphatic carboxylic acids is 1. The summed E-state index contributed by atoms with van der Waals surface area (Å²) < 4.78 is 0. The first-order chi connectivity index (χ1) is 9.73. The summed E-state index contributed by atoms with van der Waals surface area (Å²) in [6, 6.07) is 1.96. The molecule has 112 valence electrons. The van der Waals surface area contributed by atoms with Crippen molar-refractivity contribution in [1.29, 1.82) is 0 Å². The van der Waals surface area contributed by atoms with Crippen molar-refractivity contribution < 1.29 is 24.4 Å². The van der Waals surface area contributed by atoms with Gasteiger partial charge in [-0.3, -0.25) is 19.7 Å². The Morgan fingerprint density at radius 2 is 2.05 bits per heavy atom. The fourth-order valence-corrected chi connectivity index (χ4v) is 1.75. The average Bonchev–Trinajstić information content (AvgIpc) is 2.36. The van der Waals surface area contributed by atoms with Crippen LogP contribution in [0, 0.1) is 10.1 Å². The maximum absolute atomic E-state index is 11.9. The van der Waals surface area contributed by atoms with Crippen LogP contribution in [0.25, 0.3) is 0 Å². The van der Waals surface area contributed by atoms with Crippen molar-refractivity contribution in [3.8, 4) is 0 Å². The summed E-state index contributed by atoms with van der Waals surface area (Å²) in [7, 11) is 0. The van der Waals surface area contributed by atoms with Crippen LogP contribution in [0.5, 0.6) is 0 Å². The lowest BCUT2D eigenvalue weighted by Crippen LogP contribution is -2.43. The molecule has 2 amide bonds. The minimum atomic E-state index is -1.55. The van der Waals surface area contributed by atoms with E-state index in [9.17, 15) is 24.5 Å². The van der Waals surface area contributed by atoms with Gasteiger partial charge in [0.05, 0.1) is 16.9 Å². The van der Waals surface area contributed by atoms with Crippen LogP contribution < -0.4 is 11.1 Å². The topological polar surface area (TPSA) is 153 Å². The minimum Gasteiger partial charge on any atom is -0.480 e. The minimum absolute atomic E-state index is 0.276. The summed E-state index contributed by atoms with van der Waals surface area (Å²) in [5, 5.41) is 21.2. The second-order valence-electron chi connectivity index (χ2n) is 3.93. The van der Waals surface area contributed by atoms with Crippen molar-refractivity contribution in [3.05, 3.63) is 38.9 Å². The number of carboxylic acids is 1. The van der Waals surface area contributed by atoms with Crippen molar-refractivity contribution in [3.63, 3.8) is 0 Å². The highest BCUT2D eigenvalue weighted by Gasteiger charge is 2.26. The molecule has 0 spiro atoms. The zero-order valence-corrected chi connectivity index (χ0v) is 11.2. The van der Waals surface area contributed by atoms with Crippen molar-refractivity contribution in [2.45, 2.75) is 12.5 Å². The normalized spacial score (nSPS) is 11.5. The third-order valence-corrected chi connectivity index (χ3v) is 2.83. The summed E-state index contributed by atoms with van der Waals surface area (Å²) in [6.45, 7) is 0. The van der Waals surface area contributed by atoms with Gasteiger partial charge in [-0.25, -0.2) is 4.79 Å². The van der Waals surface area contributed by atoms with Gasteiger partial charge in [0.2, 0.25) is 5.91 Å². The largest absolute Gasteiger partial charge is 0.480 e. The lowest BCUT2D eigenvalue weighted by molar-refractivity contribution is -0.384. The Kier molecular flexibility index (Phi) is 5.19. The van der Waals surface area contributed by atoms with Gasteiger partial charge in [0.1, 0.15) is 11.1 Å². The third-order valence-electron chi connectivity index (χ3n) is 2.43. The standard InChI is InChI=1S/C11H10ClN3O6/c12-9-5(2-1-3-7(9)15(20)21)10(17)14-6(11(18)19)4-8(13)16/h1-3,6H,4H2,(H2,13,16)(H,14,17)(H,18,19). The van der Waals surface area contributed by atoms with Crippen LogP contribution in [0.3, 0.4) is 0 Å². The second kappa shape index (κ2) is 6.66.